The Labute approximate surface area is 126 Å². The molecule has 1 aromatic carbocycles. The summed E-state index contributed by atoms with van der Waals surface area (Å²) in [6, 6.07) is 1.46. The molecule has 1 rings (SSSR count). The van der Waals surface area contributed by atoms with Crippen molar-refractivity contribution in [3.05, 3.63) is 22.4 Å². The van der Waals surface area contributed by atoms with Gasteiger partial charge in [0, 0.05) is 11.0 Å². The van der Waals surface area contributed by atoms with Crippen LogP contribution in [0.4, 0.5) is 23.2 Å². The van der Waals surface area contributed by atoms with E-state index in [9.17, 15) is 26.0 Å². The maximum absolute atomic E-state index is 13.2. The summed E-state index contributed by atoms with van der Waals surface area (Å²) in [5.41, 5.74) is 4.72. The standard InChI is InChI=1S/C10H11BrF4N2O3S/c11-6-3-7(12)8(16)4-9(6)21(19,20)17(1-2-18)5-10(13,14)15/h3-4,18H,1-2,5,16H2. The Morgan fingerprint density at radius 1 is 1.33 bits per heavy atom. The summed E-state index contributed by atoms with van der Waals surface area (Å²) in [7, 11) is -4.61. The minimum atomic E-state index is -4.79. The fourth-order valence-electron chi connectivity index (χ4n) is 1.48. The van der Waals surface area contributed by atoms with E-state index in [0.717, 1.165) is 12.1 Å². The number of hydrogen-bond donors (Lipinski definition) is 2. The van der Waals surface area contributed by atoms with Crippen LogP contribution in [-0.2, 0) is 10.0 Å². The maximum atomic E-state index is 13.2. The molecule has 0 aliphatic carbocycles. The van der Waals surface area contributed by atoms with Crippen LogP contribution in [0.5, 0.6) is 0 Å². The van der Waals surface area contributed by atoms with Crippen LogP contribution in [0.3, 0.4) is 0 Å². The molecular weight excluding hydrogens is 384 g/mol. The highest BCUT2D eigenvalue weighted by Crippen LogP contribution is 2.30. The highest BCUT2D eigenvalue weighted by Gasteiger charge is 2.37. The number of alkyl halides is 3. The zero-order chi connectivity index (χ0) is 16.4. The van der Waals surface area contributed by atoms with Crippen LogP contribution in [0.2, 0.25) is 0 Å². The summed E-state index contributed by atoms with van der Waals surface area (Å²) < 4.78 is 74.7. The lowest BCUT2D eigenvalue weighted by Gasteiger charge is -2.23. The minimum absolute atomic E-state index is 0.0461. The molecule has 21 heavy (non-hydrogen) atoms. The number of sulfonamides is 1. The van der Waals surface area contributed by atoms with Gasteiger partial charge >= 0.3 is 6.18 Å². The summed E-state index contributed by atoms with van der Waals surface area (Å²) in [6.07, 6.45) is -4.79. The van der Waals surface area contributed by atoms with Gasteiger partial charge in [0.2, 0.25) is 10.0 Å². The smallest absolute Gasteiger partial charge is 0.396 e. The molecule has 0 spiro atoms. The van der Waals surface area contributed by atoms with E-state index in [0.29, 0.717) is 0 Å². The van der Waals surface area contributed by atoms with E-state index < -0.39 is 52.3 Å². The molecular formula is C10H11BrF4N2O3S. The number of halogens is 5. The first kappa shape index (κ1) is 18.1. The minimum Gasteiger partial charge on any atom is -0.396 e. The summed E-state index contributed by atoms with van der Waals surface area (Å²) in [6.45, 7) is -3.34. The molecule has 0 aliphatic heterocycles. The molecule has 0 heterocycles. The molecule has 0 aliphatic rings. The van der Waals surface area contributed by atoms with Gasteiger partial charge in [0.1, 0.15) is 12.4 Å². The van der Waals surface area contributed by atoms with Gasteiger partial charge in [-0.15, -0.1) is 0 Å². The molecule has 0 unspecified atom stereocenters. The van der Waals surface area contributed by atoms with E-state index in [2.05, 4.69) is 15.9 Å². The van der Waals surface area contributed by atoms with Crippen LogP contribution in [0, 0.1) is 5.82 Å². The predicted molar refractivity (Wildman–Crippen MR) is 70.4 cm³/mol. The number of nitrogens with two attached hydrogens (primary N) is 1. The van der Waals surface area contributed by atoms with Crippen molar-refractivity contribution in [1.29, 1.82) is 0 Å². The number of nitrogen functional groups attached to an aromatic ring is 1. The number of aliphatic hydroxyl groups excluding tert-OH is 1. The molecule has 120 valence electrons. The van der Waals surface area contributed by atoms with Gasteiger partial charge in [0.25, 0.3) is 0 Å². The second-order valence-electron chi connectivity index (χ2n) is 3.98. The summed E-state index contributed by atoms with van der Waals surface area (Å²) >= 11 is 2.77. The van der Waals surface area contributed by atoms with Crippen molar-refractivity contribution in [2.75, 3.05) is 25.4 Å². The van der Waals surface area contributed by atoms with Crippen molar-refractivity contribution in [3.63, 3.8) is 0 Å². The van der Waals surface area contributed by atoms with E-state index >= 15 is 0 Å². The Morgan fingerprint density at radius 2 is 1.90 bits per heavy atom. The molecule has 0 fully saturated rings. The molecule has 5 nitrogen and oxygen atoms in total. The zero-order valence-electron chi connectivity index (χ0n) is 10.4. The first-order chi connectivity index (χ1) is 9.49. The molecule has 3 N–H and O–H groups in total. The highest BCUT2D eigenvalue weighted by atomic mass is 79.9. The number of benzene rings is 1. The summed E-state index contributed by atoms with van der Waals surface area (Å²) in [4.78, 5) is -0.612. The van der Waals surface area contributed by atoms with Crippen LogP contribution in [0.1, 0.15) is 0 Å². The lowest BCUT2D eigenvalue weighted by molar-refractivity contribution is -0.136. The molecule has 0 radical (unpaired) electrons. The second-order valence-corrected chi connectivity index (χ2v) is 6.74. The van der Waals surface area contributed by atoms with Gasteiger partial charge in [0.05, 0.1) is 17.2 Å². The Kier molecular flexibility index (Phi) is 5.58. The van der Waals surface area contributed by atoms with Gasteiger partial charge in [-0.05, 0) is 28.1 Å². The second kappa shape index (κ2) is 6.46. The molecule has 0 saturated heterocycles. The van der Waals surface area contributed by atoms with Crippen molar-refractivity contribution in [1.82, 2.24) is 4.31 Å². The van der Waals surface area contributed by atoms with E-state index in [1.54, 1.807) is 0 Å². The average molecular weight is 395 g/mol. The molecule has 0 saturated carbocycles. The third-order valence-corrected chi connectivity index (χ3v) is 5.18. The van der Waals surface area contributed by atoms with Gasteiger partial charge < -0.3 is 10.8 Å². The molecule has 1 aromatic rings. The fraction of sp³-hybridized carbons (Fsp3) is 0.400. The van der Waals surface area contributed by atoms with Crippen molar-refractivity contribution in [3.8, 4) is 0 Å². The van der Waals surface area contributed by atoms with Crippen LogP contribution in [-0.4, -0.2) is 43.7 Å². The van der Waals surface area contributed by atoms with Gasteiger partial charge in [0.15, 0.2) is 0 Å². The zero-order valence-corrected chi connectivity index (χ0v) is 12.8. The van der Waals surface area contributed by atoms with Gasteiger partial charge in [-0.3, -0.25) is 0 Å². The van der Waals surface area contributed by atoms with Crippen molar-refractivity contribution < 1.29 is 31.1 Å². The normalized spacial score (nSPS) is 12.9. The van der Waals surface area contributed by atoms with Gasteiger partial charge in [-0.1, -0.05) is 0 Å². The summed E-state index contributed by atoms with van der Waals surface area (Å²) in [5.74, 6) is -0.912. The van der Waals surface area contributed by atoms with E-state index in [1.165, 1.54) is 0 Å². The first-order valence-electron chi connectivity index (χ1n) is 5.41. The van der Waals surface area contributed by atoms with Crippen molar-refractivity contribution >= 4 is 31.6 Å². The molecule has 0 aromatic heterocycles. The lowest BCUT2D eigenvalue weighted by Crippen LogP contribution is -2.40. The van der Waals surface area contributed by atoms with E-state index in [-0.39, 0.29) is 8.78 Å². The Hall–Kier alpha value is -0.910. The molecule has 0 amide bonds. The van der Waals surface area contributed by atoms with Gasteiger partial charge in [-0.2, -0.15) is 17.5 Å². The van der Waals surface area contributed by atoms with Crippen LogP contribution in [0.25, 0.3) is 0 Å². The maximum Gasteiger partial charge on any atom is 0.402 e. The molecule has 11 heteroatoms. The fourth-order valence-corrected chi connectivity index (χ4v) is 3.90. The highest BCUT2D eigenvalue weighted by molar-refractivity contribution is 9.10. The van der Waals surface area contributed by atoms with Gasteiger partial charge in [-0.25, -0.2) is 12.8 Å². The van der Waals surface area contributed by atoms with Crippen molar-refractivity contribution in [2.24, 2.45) is 0 Å². The number of rotatable bonds is 5. The number of nitrogens with zero attached hydrogens (tertiary/aromatic N) is 1. The monoisotopic (exact) mass is 394 g/mol. The van der Waals surface area contributed by atoms with E-state index in [4.69, 9.17) is 10.8 Å². The Morgan fingerprint density at radius 3 is 2.38 bits per heavy atom. The van der Waals surface area contributed by atoms with E-state index in [1.807, 2.05) is 0 Å². The average Bonchev–Trinajstić information content (AvgIpc) is 2.31. The quantitative estimate of drug-likeness (QED) is 0.588. The topological polar surface area (TPSA) is 83.6 Å². The SMILES string of the molecule is Nc1cc(S(=O)(=O)N(CCO)CC(F)(F)F)c(Br)cc1F. The molecule has 0 bridgehead atoms. The van der Waals surface area contributed by atoms with Crippen LogP contribution >= 0.6 is 15.9 Å². The number of anilines is 1. The molecule has 0 atom stereocenters. The summed E-state index contributed by atoms with van der Waals surface area (Å²) in [5, 5.41) is 8.74. The number of hydrogen-bond acceptors (Lipinski definition) is 4. The Balaban J connectivity index is 3.32. The predicted octanol–water partition coefficient (Wildman–Crippen LogP) is 1.72. The van der Waals surface area contributed by atoms with Crippen LogP contribution in [0.15, 0.2) is 21.5 Å². The third kappa shape index (κ3) is 4.53. The van der Waals surface area contributed by atoms with Crippen molar-refractivity contribution in [2.45, 2.75) is 11.1 Å². The van der Waals surface area contributed by atoms with Crippen LogP contribution < -0.4 is 5.73 Å². The Bertz CT molecular complexity index is 621. The number of aliphatic hydroxyl groups is 1. The third-order valence-electron chi connectivity index (χ3n) is 2.37. The largest absolute Gasteiger partial charge is 0.402 e. The first-order valence-corrected chi connectivity index (χ1v) is 7.64. The lowest BCUT2D eigenvalue weighted by atomic mass is 10.3.